The Morgan fingerprint density at radius 1 is 0.833 bits per heavy atom. The molecule has 2 aliphatic rings. The molecule has 0 aromatic heterocycles. The van der Waals surface area contributed by atoms with Crippen LogP contribution in [0.15, 0.2) is 42.5 Å². The molecule has 90 valence electrons. The van der Waals surface area contributed by atoms with Crippen LogP contribution in [0.1, 0.15) is 36.8 Å². The molecule has 0 amide bonds. The lowest BCUT2D eigenvalue weighted by Gasteiger charge is -2.26. The maximum Gasteiger partial charge on any atom is 0.123 e. The molecule has 1 heteroatoms. The second-order valence-corrected chi connectivity index (χ2v) is 5.52. The average Bonchev–Trinajstić information content (AvgIpc) is 2.98. The van der Waals surface area contributed by atoms with E-state index in [-0.39, 0.29) is 11.2 Å². The first kappa shape index (κ1) is 10.3. The molecule has 0 unspecified atom stereocenters. The SMILES string of the molecule is Fc1ccc2c(c1)C1(CCCC1)c1ccccc1-2. The van der Waals surface area contributed by atoms with Crippen LogP contribution >= 0.6 is 0 Å². The van der Waals surface area contributed by atoms with Crippen LogP contribution in [0.2, 0.25) is 0 Å². The molecule has 1 fully saturated rings. The van der Waals surface area contributed by atoms with E-state index in [1.165, 1.54) is 47.9 Å². The van der Waals surface area contributed by atoms with Crippen molar-refractivity contribution in [3.63, 3.8) is 0 Å². The van der Waals surface area contributed by atoms with Gasteiger partial charge in [0.2, 0.25) is 0 Å². The van der Waals surface area contributed by atoms with E-state index < -0.39 is 0 Å². The van der Waals surface area contributed by atoms with Crippen molar-refractivity contribution < 1.29 is 4.39 Å². The molecule has 0 heterocycles. The zero-order valence-corrected chi connectivity index (χ0v) is 10.2. The summed E-state index contributed by atoms with van der Waals surface area (Å²) in [7, 11) is 0. The molecule has 0 atom stereocenters. The van der Waals surface area contributed by atoms with E-state index in [2.05, 4.69) is 24.3 Å². The first-order valence-electron chi connectivity index (χ1n) is 6.71. The Morgan fingerprint density at radius 2 is 1.56 bits per heavy atom. The van der Waals surface area contributed by atoms with Crippen LogP contribution in [-0.4, -0.2) is 0 Å². The molecule has 4 rings (SSSR count). The van der Waals surface area contributed by atoms with Crippen LogP contribution < -0.4 is 0 Å². The molecule has 0 N–H and O–H groups in total. The van der Waals surface area contributed by atoms with Crippen molar-refractivity contribution in [2.75, 3.05) is 0 Å². The van der Waals surface area contributed by atoms with Crippen molar-refractivity contribution in [1.29, 1.82) is 0 Å². The van der Waals surface area contributed by atoms with E-state index in [9.17, 15) is 4.39 Å². The van der Waals surface area contributed by atoms with Gasteiger partial charge in [-0.2, -0.15) is 0 Å². The highest BCUT2D eigenvalue weighted by Gasteiger charge is 2.44. The third-order valence-corrected chi connectivity index (χ3v) is 4.69. The number of rotatable bonds is 0. The Labute approximate surface area is 106 Å². The van der Waals surface area contributed by atoms with Crippen molar-refractivity contribution in [1.82, 2.24) is 0 Å². The monoisotopic (exact) mass is 238 g/mol. The zero-order chi connectivity index (χ0) is 12.2. The molecule has 0 aliphatic heterocycles. The van der Waals surface area contributed by atoms with Gasteiger partial charge < -0.3 is 0 Å². The van der Waals surface area contributed by atoms with Crippen molar-refractivity contribution >= 4 is 0 Å². The standard InChI is InChI=1S/C17H15F/c18-12-7-8-14-13-5-1-2-6-15(13)17(16(14)11-12)9-3-4-10-17/h1-2,5-8,11H,3-4,9-10H2. The summed E-state index contributed by atoms with van der Waals surface area (Å²) in [5.74, 6) is -0.104. The minimum Gasteiger partial charge on any atom is -0.207 e. The number of hydrogen-bond donors (Lipinski definition) is 0. The van der Waals surface area contributed by atoms with Gasteiger partial charge >= 0.3 is 0 Å². The predicted molar refractivity (Wildman–Crippen MR) is 71.1 cm³/mol. The maximum absolute atomic E-state index is 13.6. The van der Waals surface area contributed by atoms with Crippen LogP contribution in [0.4, 0.5) is 4.39 Å². The fourth-order valence-electron chi connectivity index (χ4n) is 3.94. The lowest BCUT2D eigenvalue weighted by molar-refractivity contribution is 0.541. The van der Waals surface area contributed by atoms with Gasteiger partial charge in [0.15, 0.2) is 0 Å². The normalized spacial score (nSPS) is 18.9. The van der Waals surface area contributed by atoms with Gasteiger partial charge in [-0.1, -0.05) is 43.2 Å². The fourth-order valence-corrected chi connectivity index (χ4v) is 3.94. The second kappa shape index (κ2) is 3.44. The lowest BCUT2D eigenvalue weighted by Crippen LogP contribution is -2.20. The van der Waals surface area contributed by atoms with Gasteiger partial charge in [-0.15, -0.1) is 0 Å². The molecule has 0 bridgehead atoms. The highest BCUT2D eigenvalue weighted by Crippen LogP contribution is 2.56. The Balaban J connectivity index is 2.08. The summed E-state index contributed by atoms with van der Waals surface area (Å²) in [5.41, 5.74) is 5.31. The van der Waals surface area contributed by atoms with E-state index in [4.69, 9.17) is 0 Å². The summed E-state index contributed by atoms with van der Waals surface area (Å²) >= 11 is 0. The van der Waals surface area contributed by atoms with Gasteiger partial charge in [-0.3, -0.25) is 0 Å². The Kier molecular flexibility index (Phi) is 1.97. The van der Waals surface area contributed by atoms with Gasteiger partial charge in [0.05, 0.1) is 0 Å². The molecule has 0 nitrogen and oxygen atoms in total. The van der Waals surface area contributed by atoms with Crippen LogP contribution in [0.25, 0.3) is 11.1 Å². The molecule has 1 saturated carbocycles. The molecule has 2 aliphatic carbocycles. The summed E-state index contributed by atoms with van der Waals surface area (Å²) in [4.78, 5) is 0. The second-order valence-electron chi connectivity index (χ2n) is 5.52. The third-order valence-electron chi connectivity index (χ3n) is 4.69. The molecular weight excluding hydrogens is 223 g/mol. The van der Waals surface area contributed by atoms with Crippen LogP contribution in [-0.2, 0) is 5.41 Å². The van der Waals surface area contributed by atoms with Crippen LogP contribution in [0.3, 0.4) is 0 Å². The van der Waals surface area contributed by atoms with Crippen molar-refractivity contribution in [2.45, 2.75) is 31.1 Å². The topological polar surface area (TPSA) is 0 Å². The highest BCUT2D eigenvalue weighted by atomic mass is 19.1. The summed E-state index contributed by atoms with van der Waals surface area (Å²) in [6.45, 7) is 0. The van der Waals surface area contributed by atoms with Gasteiger partial charge in [0, 0.05) is 5.41 Å². The molecule has 1 spiro atoms. The smallest absolute Gasteiger partial charge is 0.123 e. The first-order valence-corrected chi connectivity index (χ1v) is 6.71. The Bertz CT molecular complexity index is 621. The number of hydrogen-bond acceptors (Lipinski definition) is 0. The number of fused-ring (bicyclic) bond motifs is 5. The summed E-state index contributed by atoms with van der Waals surface area (Å²) in [5, 5.41) is 0. The summed E-state index contributed by atoms with van der Waals surface area (Å²) in [6, 6.07) is 13.9. The highest BCUT2D eigenvalue weighted by molar-refractivity contribution is 5.81. The van der Waals surface area contributed by atoms with E-state index in [1.54, 1.807) is 12.1 Å². The summed E-state index contributed by atoms with van der Waals surface area (Å²) in [6.07, 6.45) is 4.84. The molecule has 2 aromatic carbocycles. The van der Waals surface area contributed by atoms with Gasteiger partial charge in [-0.25, -0.2) is 4.39 Å². The van der Waals surface area contributed by atoms with Crippen molar-refractivity contribution in [2.24, 2.45) is 0 Å². The van der Waals surface area contributed by atoms with Gasteiger partial charge in [-0.05, 0) is 47.2 Å². The number of benzene rings is 2. The predicted octanol–water partition coefficient (Wildman–Crippen LogP) is 4.67. The first-order chi connectivity index (χ1) is 8.81. The van der Waals surface area contributed by atoms with Crippen LogP contribution in [0.5, 0.6) is 0 Å². The maximum atomic E-state index is 13.6. The minimum absolute atomic E-state index is 0.104. The fraction of sp³-hybridized carbons (Fsp3) is 0.294. The zero-order valence-electron chi connectivity index (χ0n) is 10.2. The van der Waals surface area contributed by atoms with Crippen LogP contribution in [0, 0.1) is 5.82 Å². The third kappa shape index (κ3) is 1.14. The molecule has 2 aromatic rings. The van der Waals surface area contributed by atoms with Crippen molar-refractivity contribution in [3.8, 4) is 11.1 Å². The Morgan fingerprint density at radius 3 is 2.39 bits per heavy atom. The lowest BCUT2D eigenvalue weighted by atomic mass is 9.77. The number of halogens is 1. The molecular formula is C17H15F. The van der Waals surface area contributed by atoms with Crippen molar-refractivity contribution in [3.05, 3.63) is 59.4 Å². The average molecular weight is 238 g/mol. The van der Waals surface area contributed by atoms with E-state index >= 15 is 0 Å². The van der Waals surface area contributed by atoms with Gasteiger partial charge in [0.1, 0.15) is 5.82 Å². The van der Waals surface area contributed by atoms with Gasteiger partial charge in [0.25, 0.3) is 0 Å². The van der Waals surface area contributed by atoms with E-state index in [1.807, 2.05) is 6.07 Å². The minimum atomic E-state index is -0.104. The quantitative estimate of drug-likeness (QED) is 0.626. The Hall–Kier alpha value is -1.63. The molecule has 0 saturated heterocycles. The molecule has 18 heavy (non-hydrogen) atoms. The largest absolute Gasteiger partial charge is 0.207 e. The van der Waals surface area contributed by atoms with E-state index in [0.29, 0.717) is 0 Å². The summed E-state index contributed by atoms with van der Waals surface area (Å²) < 4.78 is 13.6. The van der Waals surface area contributed by atoms with E-state index in [0.717, 1.165) is 0 Å². The molecule has 0 radical (unpaired) electrons.